The molecule has 4 heteroatoms. The summed E-state index contributed by atoms with van der Waals surface area (Å²) in [4.78, 5) is 11.5. The third-order valence-electron chi connectivity index (χ3n) is 4.14. The van der Waals surface area contributed by atoms with Crippen molar-refractivity contribution in [1.82, 2.24) is 0 Å². The van der Waals surface area contributed by atoms with E-state index in [0.29, 0.717) is 4.99 Å². The Morgan fingerprint density at radius 3 is 2.30 bits per heavy atom. The third kappa shape index (κ3) is 4.90. The summed E-state index contributed by atoms with van der Waals surface area (Å²) in [7, 11) is 0. The number of thiocarbonyl (C=S) groups is 1. The fourth-order valence-corrected chi connectivity index (χ4v) is 2.87. The first kappa shape index (κ1) is 18.5. The molecule has 2 N–H and O–H groups in total. The number of hydrogen-bond donors (Lipinski definition) is 2. The Kier molecular flexibility index (Phi) is 5.79. The highest BCUT2D eigenvalue weighted by Gasteiger charge is 2.04. The first-order chi connectivity index (χ1) is 13.0. The number of aromatic carboxylic acids is 1. The van der Waals surface area contributed by atoms with E-state index in [1.54, 1.807) is 24.3 Å². The van der Waals surface area contributed by atoms with E-state index in [2.05, 4.69) is 48.6 Å². The third-order valence-corrected chi connectivity index (χ3v) is 4.38. The molecule has 0 fully saturated rings. The number of carbonyl (C=O) groups is 1. The van der Waals surface area contributed by atoms with Gasteiger partial charge in [-0.1, -0.05) is 72.4 Å². The molecular weight excluding hydrogens is 354 g/mol. The Morgan fingerprint density at radius 1 is 0.963 bits per heavy atom. The van der Waals surface area contributed by atoms with Crippen molar-refractivity contribution in [2.75, 3.05) is 5.32 Å². The van der Waals surface area contributed by atoms with Crippen LogP contribution in [0.4, 0.5) is 5.69 Å². The Balaban J connectivity index is 1.75. The van der Waals surface area contributed by atoms with Gasteiger partial charge in [-0.15, -0.1) is 0 Å². The van der Waals surface area contributed by atoms with E-state index in [1.165, 1.54) is 5.56 Å². The molecule has 0 aromatic heterocycles. The van der Waals surface area contributed by atoms with Crippen molar-refractivity contribution < 1.29 is 9.90 Å². The molecule has 0 bridgehead atoms. The summed E-state index contributed by atoms with van der Waals surface area (Å²) in [6, 6.07) is 23.1. The molecule has 0 heterocycles. The Bertz CT molecular complexity index is 990. The molecule has 0 saturated carbocycles. The van der Waals surface area contributed by atoms with Crippen molar-refractivity contribution in [2.24, 2.45) is 0 Å². The zero-order valence-corrected chi connectivity index (χ0v) is 15.7. The molecule has 0 saturated heterocycles. The zero-order valence-electron chi connectivity index (χ0n) is 14.8. The predicted molar refractivity (Wildman–Crippen MR) is 115 cm³/mol. The quantitative estimate of drug-likeness (QED) is 0.437. The minimum Gasteiger partial charge on any atom is -0.478 e. The van der Waals surface area contributed by atoms with Crippen molar-refractivity contribution in [2.45, 2.75) is 6.92 Å². The van der Waals surface area contributed by atoms with Gasteiger partial charge in [-0.05, 0) is 54.0 Å². The summed E-state index contributed by atoms with van der Waals surface area (Å²) >= 11 is 5.38. The maximum atomic E-state index is 10.9. The van der Waals surface area contributed by atoms with Crippen LogP contribution >= 0.6 is 12.2 Å². The maximum absolute atomic E-state index is 10.9. The average molecular weight is 373 g/mol. The molecule has 0 amide bonds. The lowest BCUT2D eigenvalue weighted by Gasteiger charge is -2.08. The second-order valence-corrected chi connectivity index (χ2v) is 6.60. The van der Waals surface area contributed by atoms with E-state index < -0.39 is 5.97 Å². The van der Waals surface area contributed by atoms with Crippen LogP contribution in [0.15, 0.2) is 78.9 Å². The summed E-state index contributed by atoms with van der Waals surface area (Å²) < 4.78 is 0. The van der Waals surface area contributed by atoms with Crippen LogP contribution in [0.1, 0.15) is 21.5 Å². The second kappa shape index (κ2) is 8.43. The van der Waals surface area contributed by atoms with E-state index in [1.807, 2.05) is 24.3 Å². The molecule has 3 aromatic carbocycles. The number of aryl methyl sites for hydroxylation is 1. The van der Waals surface area contributed by atoms with Crippen molar-refractivity contribution in [3.63, 3.8) is 0 Å². The Labute approximate surface area is 164 Å². The molecule has 3 aromatic rings. The summed E-state index contributed by atoms with van der Waals surface area (Å²) in [6.45, 7) is 2.07. The first-order valence-electron chi connectivity index (χ1n) is 8.51. The number of anilines is 1. The van der Waals surface area contributed by atoms with Gasteiger partial charge in [0.15, 0.2) is 0 Å². The van der Waals surface area contributed by atoms with Crippen molar-refractivity contribution in [3.05, 3.63) is 95.6 Å². The summed E-state index contributed by atoms with van der Waals surface area (Å²) in [5.74, 6) is -0.947. The molecule has 0 radical (unpaired) electrons. The van der Waals surface area contributed by atoms with E-state index >= 15 is 0 Å². The van der Waals surface area contributed by atoms with E-state index in [-0.39, 0.29) is 5.56 Å². The van der Waals surface area contributed by atoms with Crippen LogP contribution in [0.25, 0.3) is 17.2 Å². The molecule has 0 unspecified atom stereocenters. The van der Waals surface area contributed by atoms with Crippen molar-refractivity contribution in [3.8, 4) is 11.1 Å². The highest BCUT2D eigenvalue weighted by Crippen LogP contribution is 2.25. The van der Waals surface area contributed by atoms with Gasteiger partial charge in [-0.3, -0.25) is 0 Å². The molecule has 0 aliphatic carbocycles. The minimum atomic E-state index is -0.947. The number of carboxylic acid groups (broad SMARTS) is 1. The van der Waals surface area contributed by atoms with Crippen LogP contribution in [0.2, 0.25) is 0 Å². The molecule has 0 spiro atoms. The SMILES string of the molecule is Cc1ccc(-c2ccccc2C=CC(=S)Nc2ccc(C(=O)O)cc2)cc1. The van der Waals surface area contributed by atoms with Crippen LogP contribution in [-0.4, -0.2) is 16.1 Å². The lowest BCUT2D eigenvalue weighted by atomic mass is 9.98. The molecule has 0 aliphatic heterocycles. The lowest BCUT2D eigenvalue weighted by molar-refractivity contribution is 0.0697. The predicted octanol–water partition coefficient (Wildman–Crippen LogP) is 5.81. The van der Waals surface area contributed by atoms with Crippen LogP contribution in [0.5, 0.6) is 0 Å². The first-order valence-corrected chi connectivity index (χ1v) is 8.92. The van der Waals surface area contributed by atoms with Gasteiger partial charge in [-0.25, -0.2) is 4.79 Å². The molecule has 0 aliphatic rings. The van der Waals surface area contributed by atoms with Gasteiger partial charge in [0.25, 0.3) is 0 Å². The molecule has 134 valence electrons. The second-order valence-electron chi connectivity index (χ2n) is 6.16. The standard InChI is InChI=1S/C23H19NO2S/c1-16-6-8-18(9-7-16)21-5-3-2-4-17(21)12-15-22(27)24-20-13-10-19(11-14-20)23(25)26/h2-15H,1H3,(H,24,27)(H,25,26). The minimum absolute atomic E-state index is 0.244. The zero-order chi connectivity index (χ0) is 19.2. The fraction of sp³-hybridized carbons (Fsp3) is 0.0435. The van der Waals surface area contributed by atoms with Gasteiger partial charge in [0.2, 0.25) is 0 Å². The van der Waals surface area contributed by atoms with Crippen LogP contribution in [0.3, 0.4) is 0 Å². The summed E-state index contributed by atoms with van der Waals surface area (Å²) in [6.07, 6.45) is 3.82. The van der Waals surface area contributed by atoms with E-state index in [9.17, 15) is 4.79 Å². The number of benzene rings is 3. The summed E-state index contributed by atoms with van der Waals surface area (Å²) in [5, 5.41) is 12.0. The smallest absolute Gasteiger partial charge is 0.335 e. The van der Waals surface area contributed by atoms with Crippen LogP contribution in [0, 0.1) is 6.92 Å². The maximum Gasteiger partial charge on any atom is 0.335 e. The number of rotatable bonds is 5. The molecule has 3 nitrogen and oxygen atoms in total. The lowest BCUT2D eigenvalue weighted by Crippen LogP contribution is -2.05. The largest absolute Gasteiger partial charge is 0.478 e. The molecule has 27 heavy (non-hydrogen) atoms. The molecule has 0 atom stereocenters. The fourth-order valence-electron chi connectivity index (χ4n) is 2.68. The summed E-state index contributed by atoms with van der Waals surface area (Å²) in [5.41, 5.74) is 5.60. The van der Waals surface area contributed by atoms with Crippen LogP contribution < -0.4 is 5.32 Å². The monoisotopic (exact) mass is 373 g/mol. The van der Waals surface area contributed by atoms with Gasteiger partial charge in [0.1, 0.15) is 4.99 Å². The van der Waals surface area contributed by atoms with Crippen molar-refractivity contribution >= 4 is 34.9 Å². The normalized spacial score (nSPS) is 10.7. The molecule has 3 rings (SSSR count). The Morgan fingerprint density at radius 2 is 1.63 bits per heavy atom. The van der Waals surface area contributed by atoms with Gasteiger partial charge < -0.3 is 10.4 Å². The number of carboxylic acids is 1. The highest BCUT2D eigenvalue weighted by atomic mass is 32.1. The highest BCUT2D eigenvalue weighted by molar-refractivity contribution is 7.81. The number of nitrogens with one attached hydrogen (secondary N) is 1. The Hall–Kier alpha value is -3.24. The van der Waals surface area contributed by atoms with E-state index in [0.717, 1.165) is 22.4 Å². The van der Waals surface area contributed by atoms with Gasteiger partial charge in [0, 0.05) is 5.69 Å². The number of hydrogen-bond acceptors (Lipinski definition) is 2. The molecular formula is C23H19NO2S. The van der Waals surface area contributed by atoms with E-state index in [4.69, 9.17) is 17.3 Å². The van der Waals surface area contributed by atoms with Gasteiger partial charge >= 0.3 is 5.97 Å². The van der Waals surface area contributed by atoms with Gasteiger partial charge in [0.05, 0.1) is 5.56 Å². The average Bonchev–Trinajstić information content (AvgIpc) is 2.68. The van der Waals surface area contributed by atoms with Crippen molar-refractivity contribution in [1.29, 1.82) is 0 Å². The topological polar surface area (TPSA) is 49.3 Å². The van der Waals surface area contributed by atoms with Gasteiger partial charge in [-0.2, -0.15) is 0 Å². The van der Waals surface area contributed by atoms with Crippen LogP contribution in [-0.2, 0) is 0 Å².